The molecule has 0 fully saturated rings. The minimum Gasteiger partial charge on any atom is -0.385 e. The smallest absolute Gasteiger partial charge is 0.385 e. The van der Waals surface area contributed by atoms with E-state index in [2.05, 4.69) is 110 Å². The number of hydrazone groups is 1. The summed E-state index contributed by atoms with van der Waals surface area (Å²) in [6, 6.07) is 0.555. The molecule has 0 heterocycles. The molecule has 0 aliphatic carbocycles. The predicted octanol–water partition coefficient (Wildman–Crippen LogP) is 7.85. The van der Waals surface area contributed by atoms with Crippen LogP contribution in [0.1, 0.15) is 27.7 Å². The Morgan fingerprint density at radius 1 is 0.700 bits per heavy atom. The van der Waals surface area contributed by atoms with Crippen molar-refractivity contribution in [3.63, 3.8) is 0 Å². The minimum absolute atomic E-state index is 0.326. The molecule has 0 rings (SSSR count). The number of rotatable bonds is 11. The van der Waals surface area contributed by atoms with Crippen LogP contribution >= 0.6 is 0 Å². The lowest BCUT2D eigenvalue weighted by Gasteiger charge is -2.36. The Morgan fingerprint density at radius 2 is 1.03 bits per heavy atom. The minimum atomic E-state index is -1.01. The van der Waals surface area contributed by atoms with Gasteiger partial charge in [0.2, 0.25) is 15.2 Å². The maximum absolute atomic E-state index is 4.90. The summed E-state index contributed by atoms with van der Waals surface area (Å²) in [5, 5.41) is 4.90. The van der Waals surface area contributed by atoms with Crippen LogP contribution in [0.5, 0.6) is 0 Å². The van der Waals surface area contributed by atoms with Gasteiger partial charge in [0.05, 0.1) is 0 Å². The van der Waals surface area contributed by atoms with Crippen LogP contribution in [0, 0.1) is 0 Å². The zero-order valence-electron chi connectivity index (χ0n) is 24.1. The lowest BCUT2D eigenvalue weighted by Crippen LogP contribution is -2.48. The van der Waals surface area contributed by atoms with Crippen LogP contribution in [0.3, 0.4) is 0 Å². The van der Waals surface area contributed by atoms with E-state index in [0.717, 1.165) is 0 Å². The largest absolute Gasteiger partial charge is 0.431 e. The first-order valence-corrected chi connectivity index (χ1v) is 31.3. The first-order chi connectivity index (χ1) is 13.0. The zero-order chi connectivity index (χ0) is 24.6. The van der Waals surface area contributed by atoms with Crippen molar-refractivity contribution in [2.75, 3.05) is 0 Å². The topological polar surface area (TPSA) is 15.6 Å². The van der Waals surface area contributed by atoms with Crippen LogP contribution in [-0.4, -0.2) is 77.6 Å². The van der Waals surface area contributed by atoms with Crippen LogP contribution in [0.2, 0.25) is 98.2 Å². The molecular formula is C22H58Al2N2Si4. The molecule has 0 aromatic rings. The highest BCUT2D eigenvalue weighted by Crippen LogP contribution is 2.23. The van der Waals surface area contributed by atoms with Gasteiger partial charge in [-0.25, -0.2) is 5.10 Å². The molecule has 8 heteroatoms. The maximum atomic E-state index is 4.90. The van der Waals surface area contributed by atoms with Crippen molar-refractivity contribution in [3.8, 4) is 0 Å². The first-order valence-electron chi connectivity index (χ1n) is 12.3. The van der Waals surface area contributed by atoms with E-state index in [4.69, 9.17) is 5.10 Å². The van der Waals surface area contributed by atoms with Gasteiger partial charge in [0.25, 0.3) is 0 Å². The van der Waals surface area contributed by atoms with Crippen molar-refractivity contribution in [2.24, 2.45) is 5.10 Å². The van der Waals surface area contributed by atoms with Crippen molar-refractivity contribution in [1.82, 2.24) is 3.99 Å². The lowest BCUT2D eigenvalue weighted by atomic mass is 10.4. The summed E-state index contributed by atoms with van der Waals surface area (Å²) in [6.45, 7) is 39.0. The van der Waals surface area contributed by atoms with Crippen molar-refractivity contribution in [3.05, 3.63) is 0 Å². The Morgan fingerprint density at radius 3 is 1.23 bits per heavy atom. The van der Waals surface area contributed by atoms with E-state index in [1.165, 1.54) is 15.5 Å². The van der Waals surface area contributed by atoms with Crippen molar-refractivity contribution < 1.29 is 0 Å². The average Bonchev–Trinajstić information content (AvgIpc) is 2.38. The molecular weight excluding hydrogens is 459 g/mol. The second-order valence-electron chi connectivity index (χ2n) is 14.7. The highest BCUT2D eigenvalue weighted by molar-refractivity contribution is 6.94. The van der Waals surface area contributed by atoms with Gasteiger partial charge in [0.15, 0.2) is 0 Å². The van der Waals surface area contributed by atoms with E-state index in [1.54, 1.807) is 9.81 Å². The molecule has 0 N–H and O–H groups in total. The Labute approximate surface area is 207 Å². The Kier molecular flexibility index (Phi) is 15.6. The Bertz CT molecular complexity index is 465. The normalized spacial score (nSPS) is 12.8. The molecule has 0 unspecified atom stereocenters. The van der Waals surface area contributed by atoms with Gasteiger partial charge in [-0.3, -0.25) is 0 Å². The van der Waals surface area contributed by atoms with Crippen LogP contribution in [0.15, 0.2) is 5.10 Å². The molecule has 0 radical (unpaired) electrons. The zero-order valence-corrected chi connectivity index (χ0v) is 30.7. The Hall–Kier alpha value is 1.40. The van der Waals surface area contributed by atoms with Crippen LogP contribution in [0.4, 0.5) is 0 Å². The van der Waals surface area contributed by atoms with Crippen LogP contribution < -0.4 is 0 Å². The summed E-state index contributed by atoms with van der Waals surface area (Å²) < 4.78 is 2.53. The highest BCUT2D eigenvalue weighted by atomic mass is 28.3. The first kappa shape index (κ1) is 33.6. The Balaban J connectivity index is 0. The fourth-order valence-corrected chi connectivity index (χ4v) is 30.4. The van der Waals surface area contributed by atoms with E-state index in [0.29, 0.717) is 21.3 Å². The van der Waals surface area contributed by atoms with E-state index in [9.17, 15) is 0 Å². The lowest BCUT2D eigenvalue weighted by molar-refractivity contribution is 0.381. The summed E-state index contributed by atoms with van der Waals surface area (Å²) in [4.78, 5) is 6.31. The summed E-state index contributed by atoms with van der Waals surface area (Å²) in [6.07, 6.45) is 0. The molecule has 0 saturated carbocycles. The van der Waals surface area contributed by atoms with Crippen molar-refractivity contribution in [2.45, 2.75) is 132 Å². The van der Waals surface area contributed by atoms with Crippen LogP contribution in [0.25, 0.3) is 0 Å². The molecule has 0 amide bonds. The fraction of sp³-hybridized carbons (Fsp3) is 0.955. The highest BCUT2D eigenvalue weighted by Gasteiger charge is 2.37. The van der Waals surface area contributed by atoms with E-state index in [-0.39, 0.29) is 0 Å². The van der Waals surface area contributed by atoms with Gasteiger partial charge in [-0.2, -0.15) is 0 Å². The number of hydrogen-bond donors (Lipinski definition) is 0. The van der Waals surface area contributed by atoms with Gasteiger partial charge >= 0.3 is 14.4 Å². The van der Waals surface area contributed by atoms with E-state index >= 15 is 0 Å². The second kappa shape index (κ2) is 14.0. The van der Waals surface area contributed by atoms with Gasteiger partial charge < -0.3 is 3.99 Å². The molecule has 0 aliphatic heterocycles. The monoisotopic (exact) mass is 516 g/mol. The summed E-state index contributed by atoms with van der Waals surface area (Å²) in [5.41, 5.74) is 1.21. The SMILES string of the molecule is CC(C)=N[N](C(C)C)[Al]([CH2][Si](C)(C)C)[CH2][Si](C)(C)C.C[Si](C)(C)[CH2][AlH][CH2][Si](C)(C)C. The quantitative estimate of drug-likeness (QED) is 0.155. The molecule has 30 heavy (non-hydrogen) atoms. The number of nitrogens with zero attached hydrogens (tertiary/aromatic N) is 2. The van der Waals surface area contributed by atoms with E-state index < -0.39 is 46.7 Å². The molecule has 0 spiro atoms. The summed E-state index contributed by atoms with van der Waals surface area (Å²) in [7, 11) is -3.36. The molecule has 2 nitrogen and oxygen atoms in total. The van der Waals surface area contributed by atoms with Gasteiger partial charge in [0.1, 0.15) is 0 Å². The standard InChI is InChI=1S/C6H13N2.4C4H11Si.2Al.H/c1-5(2)7-8-6(3)4;4*1-5(2,3)4;;;/h5H,1-4H3;4*1H2,2-4H3;;;/q-1;;;;;;+1;. The van der Waals surface area contributed by atoms with Gasteiger partial charge in [-0.1, -0.05) is 88.4 Å². The van der Waals surface area contributed by atoms with Gasteiger partial charge in [0, 0.05) is 44.0 Å². The summed E-state index contributed by atoms with van der Waals surface area (Å²) >= 11 is -0.617. The third-order valence-electron chi connectivity index (χ3n) is 4.77. The summed E-state index contributed by atoms with van der Waals surface area (Å²) in [5.74, 6) is 0. The molecule has 0 atom stereocenters. The van der Waals surface area contributed by atoms with Crippen molar-refractivity contribution >= 4 is 67.6 Å². The molecule has 0 saturated heterocycles. The van der Waals surface area contributed by atoms with E-state index in [1.807, 2.05) is 0 Å². The molecule has 0 aliphatic rings. The maximum Gasteiger partial charge on any atom is 0.431 e. The second-order valence-corrected chi connectivity index (χ2v) is 45.0. The molecule has 0 bridgehead atoms. The molecule has 178 valence electrons. The molecule has 0 aromatic carbocycles. The fourth-order valence-electron chi connectivity index (χ4n) is 3.67. The average molecular weight is 517 g/mol. The molecule has 0 aromatic heterocycles. The third kappa shape index (κ3) is 24.1. The van der Waals surface area contributed by atoms with Gasteiger partial charge in [-0.05, 0) is 27.7 Å². The number of hydrogen-bond acceptors (Lipinski definition) is 2. The van der Waals surface area contributed by atoms with Gasteiger partial charge in [-0.15, -0.1) is 9.81 Å². The predicted molar refractivity (Wildman–Crippen MR) is 161 cm³/mol. The van der Waals surface area contributed by atoms with Crippen molar-refractivity contribution in [1.29, 1.82) is 0 Å². The third-order valence-corrected chi connectivity index (χ3v) is 34.6. The van der Waals surface area contributed by atoms with Crippen LogP contribution in [-0.2, 0) is 0 Å².